The molecule has 2 aromatic rings. The number of carbonyl (C=O) groups is 2. The minimum absolute atomic E-state index is 0. The maximum absolute atomic E-state index is 12.4. The summed E-state index contributed by atoms with van der Waals surface area (Å²) < 4.78 is 31.7. The van der Waals surface area contributed by atoms with Gasteiger partial charge in [0, 0.05) is 24.5 Å². The molecule has 0 unspecified atom stereocenters. The Morgan fingerprint density at radius 1 is 1.24 bits per heavy atom. The number of sulfonamides is 1. The topological polar surface area (TPSA) is 114 Å². The molecule has 0 aliphatic heterocycles. The van der Waals surface area contributed by atoms with E-state index in [4.69, 9.17) is 4.74 Å². The van der Waals surface area contributed by atoms with Crippen LogP contribution >= 0.6 is 11.3 Å². The van der Waals surface area contributed by atoms with Gasteiger partial charge in [-0.25, -0.2) is 17.9 Å². The van der Waals surface area contributed by atoms with Gasteiger partial charge < -0.3 is 15.4 Å². The number of urea groups is 1. The van der Waals surface area contributed by atoms with E-state index in [0.29, 0.717) is 18.5 Å². The van der Waals surface area contributed by atoms with Crippen molar-refractivity contribution >= 4 is 68.9 Å². The SMILES string of the molecule is CNC(=O)NS(=O)(=O)c1cc(CCNC(=O)C=Cc2cccs2)ccc1OC.[NaH]. The van der Waals surface area contributed by atoms with E-state index in [1.807, 2.05) is 22.2 Å². The van der Waals surface area contributed by atoms with E-state index in [-0.39, 0.29) is 46.1 Å². The normalized spacial score (nSPS) is 10.8. The van der Waals surface area contributed by atoms with Gasteiger partial charge in [0.15, 0.2) is 0 Å². The number of hydrogen-bond donors (Lipinski definition) is 3. The molecule has 8 nitrogen and oxygen atoms in total. The van der Waals surface area contributed by atoms with E-state index in [0.717, 1.165) is 4.88 Å². The first kappa shape index (κ1) is 25.2. The number of hydrogen-bond acceptors (Lipinski definition) is 6. The van der Waals surface area contributed by atoms with Gasteiger partial charge in [-0.15, -0.1) is 11.3 Å². The Bertz CT molecular complexity index is 960. The van der Waals surface area contributed by atoms with Crippen molar-refractivity contribution in [3.8, 4) is 5.75 Å². The Morgan fingerprint density at radius 2 is 2.00 bits per heavy atom. The van der Waals surface area contributed by atoms with Crippen molar-refractivity contribution in [1.29, 1.82) is 0 Å². The van der Waals surface area contributed by atoms with E-state index in [9.17, 15) is 18.0 Å². The van der Waals surface area contributed by atoms with Gasteiger partial charge in [0.05, 0.1) is 7.11 Å². The van der Waals surface area contributed by atoms with Gasteiger partial charge in [-0.1, -0.05) is 12.1 Å². The van der Waals surface area contributed by atoms with Crippen LogP contribution in [0.1, 0.15) is 10.4 Å². The molecular formula is C18H22N3NaO5S2. The van der Waals surface area contributed by atoms with Crippen LogP contribution in [-0.2, 0) is 21.2 Å². The summed E-state index contributed by atoms with van der Waals surface area (Å²) in [4.78, 5) is 24.1. The third kappa shape index (κ3) is 7.82. The van der Waals surface area contributed by atoms with Crippen LogP contribution in [0.25, 0.3) is 6.08 Å². The Morgan fingerprint density at radius 3 is 2.62 bits per heavy atom. The molecule has 0 saturated carbocycles. The summed E-state index contributed by atoms with van der Waals surface area (Å²) in [6.45, 7) is 0.322. The molecule has 1 aromatic carbocycles. The van der Waals surface area contributed by atoms with Gasteiger partial charge >= 0.3 is 35.6 Å². The summed E-state index contributed by atoms with van der Waals surface area (Å²) >= 11 is 1.53. The van der Waals surface area contributed by atoms with Gasteiger partial charge in [-0.05, 0) is 41.6 Å². The van der Waals surface area contributed by atoms with E-state index in [2.05, 4.69) is 10.6 Å². The molecule has 0 bridgehead atoms. The molecule has 0 spiro atoms. The molecule has 3 N–H and O–H groups in total. The summed E-state index contributed by atoms with van der Waals surface area (Å²) in [7, 11) is -1.44. The summed E-state index contributed by atoms with van der Waals surface area (Å²) in [5.74, 6) is -0.126. The first-order chi connectivity index (χ1) is 13.4. The molecule has 0 fully saturated rings. The predicted octanol–water partition coefficient (Wildman–Crippen LogP) is 1.10. The second-order valence-electron chi connectivity index (χ2n) is 5.56. The van der Waals surface area contributed by atoms with Crippen molar-refractivity contribution < 1.29 is 22.7 Å². The predicted molar refractivity (Wildman–Crippen MR) is 115 cm³/mol. The second-order valence-corrected chi connectivity index (χ2v) is 8.19. The fourth-order valence-electron chi connectivity index (χ4n) is 2.25. The fraction of sp³-hybridized carbons (Fsp3) is 0.222. The number of ether oxygens (including phenoxy) is 1. The van der Waals surface area contributed by atoms with Crippen LogP contribution in [-0.4, -0.2) is 70.6 Å². The van der Waals surface area contributed by atoms with Crippen LogP contribution < -0.4 is 20.1 Å². The van der Waals surface area contributed by atoms with Crippen molar-refractivity contribution in [2.75, 3.05) is 20.7 Å². The number of thiophene rings is 1. The maximum atomic E-state index is 12.4. The zero-order chi connectivity index (χ0) is 20.6. The van der Waals surface area contributed by atoms with Crippen molar-refractivity contribution in [3.63, 3.8) is 0 Å². The van der Waals surface area contributed by atoms with Gasteiger partial charge in [0.2, 0.25) is 5.91 Å². The first-order valence-corrected chi connectivity index (χ1v) is 10.6. The molecular weight excluding hydrogens is 425 g/mol. The molecule has 1 aromatic heterocycles. The van der Waals surface area contributed by atoms with Crippen LogP contribution in [0.4, 0.5) is 4.79 Å². The van der Waals surface area contributed by atoms with E-state index < -0.39 is 16.1 Å². The number of methoxy groups -OCH3 is 1. The quantitative estimate of drug-likeness (QED) is 0.414. The van der Waals surface area contributed by atoms with E-state index in [1.165, 1.54) is 43.7 Å². The van der Waals surface area contributed by atoms with E-state index >= 15 is 0 Å². The Balaban J connectivity index is 0.00000420. The zero-order valence-electron chi connectivity index (χ0n) is 15.4. The Hall–Kier alpha value is -1.85. The van der Waals surface area contributed by atoms with Crippen molar-refractivity contribution in [2.24, 2.45) is 0 Å². The molecule has 3 amide bonds. The first-order valence-electron chi connectivity index (χ1n) is 8.26. The van der Waals surface area contributed by atoms with Gasteiger partial charge in [-0.3, -0.25) is 4.79 Å². The third-order valence-corrected chi connectivity index (χ3v) is 5.82. The minimum atomic E-state index is -4.10. The van der Waals surface area contributed by atoms with Gasteiger partial charge in [0.25, 0.3) is 10.0 Å². The van der Waals surface area contributed by atoms with Crippen LogP contribution in [0.15, 0.2) is 46.7 Å². The number of rotatable bonds is 8. The molecule has 1 heterocycles. The molecule has 0 aliphatic carbocycles. The summed E-state index contributed by atoms with van der Waals surface area (Å²) in [6, 6.07) is 7.57. The third-order valence-electron chi connectivity index (χ3n) is 3.63. The molecule has 0 atom stereocenters. The second kappa shape index (κ2) is 12.0. The number of benzene rings is 1. The Labute approximate surface area is 196 Å². The molecule has 2 rings (SSSR count). The Kier molecular flexibility index (Phi) is 10.4. The number of nitrogens with one attached hydrogen (secondary N) is 3. The average Bonchev–Trinajstić information content (AvgIpc) is 3.19. The van der Waals surface area contributed by atoms with Crippen LogP contribution in [0.3, 0.4) is 0 Å². The van der Waals surface area contributed by atoms with Gasteiger partial charge in [0.1, 0.15) is 10.6 Å². The van der Waals surface area contributed by atoms with Crippen molar-refractivity contribution in [3.05, 3.63) is 52.2 Å². The van der Waals surface area contributed by atoms with Crippen LogP contribution in [0.2, 0.25) is 0 Å². The van der Waals surface area contributed by atoms with E-state index in [1.54, 1.807) is 12.1 Å². The fourth-order valence-corrected chi connectivity index (χ4v) is 4.04. The van der Waals surface area contributed by atoms with Crippen molar-refractivity contribution in [1.82, 2.24) is 15.4 Å². The number of amides is 3. The molecule has 152 valence electrons. The summed E-state index contributed by atoms with van der Waals surface area (Å²) in [5, 5.41) is 6.85. The summed E-state index contributed by atoms with van der Waals surface area (Å²) in [6.07, 6.45) is 3.58. The zero-order valence-corrected chi connectivity index (χ0v) is 17.0. The molecule has 0 radical (unpaired) electrons. The molecule has 0 saturated heterocycles. The monoisotopic (exact) mass is 447 g/mol. The number of carbonyl (C=O) groups excluding carboxylic acids is 2. The molecule has 29 heavy (non-hydrogen) atoms. The van der Waals surface area contributed by atoms with Crippen molar-refractivity contribution in [2.45, 2.75) is 11.3 Å². The molecule has 0 aliphatic rings. The standard InChI is InChI=1S/C18H21N3O5S2.Na.H/c1-19-18(23)21-28(24,25)16-12-13(5-7-15(16)26-2)9-10-20-17(22)8-6-14-4-3-11-27-14;;/h3-8,11-12H,9-10H2,1-2H3,(H,20,22)(H2,19,21,23);;. The summed E-state index contributed by atoms with van der Waals surface area (Å²) in [5.41, 5.74) is 0.667. The van der Waals surface area contributed by atoms with Crippen LogP contribution in [0, 0.1) is 0 Å². The van der Waals surface area contributed by atoms with Gasteiger partial charge in [-0.2, -0.15) is 0 Å². The molecule has 11 heteroatoms. The average molecular weight is 448 g/mol. The van der Waals surface area contributed by atoms with Crippen LogP contribution in [0.5, 0.6) is 5.75 Å².